The first-order valence-corrected chi connectivity index (χ1v) is 6.47. The van der Waals surface area contributed by atoms with E-state index in [4.69, 9.17) is 0 Å². The first-order valence-electron chi connectivity index (χ1n) is 6.47. The molecule has 0 unspecified atom stereocenters. The van der Waals surface area contributed by atoms with Gasteiger partial charge in [-0.25, -0.2) is 0 Å². The molecule has 0 aromatic heterocycles. The fourth-order valence-corrected chi connectivity index (χ4v) is 2.04. The van der Waals surface area contributed by atoms with Crippen molar-refractivity contribution in [3.63, 3.8) is 0 Å². The number of nitrogens with one attached hydrogen (secondary N) is 2. The van der Waals surface area contributed by atoms with Crippen molar-refractivity contribution in [2.75, 3.05) is 13.1 Å². The van der Waals surface area contributed by atoms with Gasteiger partial charge in [0.15, 0.2) is 0 Å². The lowest BCUT2D eigenvalue weighted by atomic mass is 9.97. The molecule has 3 nitrogen and oxygen atoms in total. The summed E-state index contributed by atoms with van der Waals surface area (Å²) in [6.07, 6.45) is 5.48. The van der Waals surface area contributed by atoms with Crippen LogP contribution in [0.15, 0.2) is 0 Å². The van der Waals surface area contributed by atoms with Crippen LogP contribution >= 0.6 is 12.4 Å². The zero-order valence-corrected chi connectivity index (χ0v) is 12.2. The van der Waals surface area contributed by atoms with E-state index < -0.39 is 0 Å². The lowest BCUT2D eigenvalue weighted by Gasteiger charge is -2.19. The first kappa shape index (κ1) is 16.7. The molecule has 0 spiro atoms. The highest BCUT2D eigenvalue weighted by molar-refractivity contribution is 5.85. The summed E-state index contributed by atoms with van der Waals surface area (Å²) in [5, 5.41) is 6.42. The fraction of sp³-hybridized carbons (Fsp3) is 0.923. The minimum Gasteiger partial charge on any atom is -0.353 e. The summed E-state index contributed by atoms with van der Waals surface area (Å²) in [7, 11) is 0. The SMILES string of the molecule is CC(C)(C)CNCCC(=O)NC1CCCC1.Cl. The van der Waals surface area contributed by atoms with Gasteiger partial charge in [0.2, 0.25) is 5.91 Å². The summed E-state index contributed by atoms with van der Waals surface area (Å²) in [6, 6.07) is 0.454. The average molecular weight is 263 g/mol. The van der Waals surface area contributed by atoms with Crippen LogP contribution < -0.4 is 10.6 Å². The van der Waals surface area contributed by atoms with Gasteiger partial charge in [0, 0.05) is 25.6 Å². The monoisotopic (exact) mass is 262 g/mol. The molecule has 1 amide bonds. The Bertz CT molecular complexity index is 220. The van der Waals surface area contributed by atoms with Crippen molar-refractivity contribution in [3.8, 4) is 0 Å². The summed E-state index contributed by atoms with van der Waals surface area (Å²) < 4.78 is 0. The van der Waals surface area contributed by atoms with Crippen molar-refractivity contribution in [1.82, 2.24) is 10.6 Å². The Morgan fingerprint density at radius 2 is 1.82 bits per heavy atom. The average Bonchev–Trinajstić information content (AvgIpc) is 2.63. The summed E-state index contributed by atoms with van der Waals surface area (Å²) in [5.74, 6) is 0.202. The summed E-state index contributed by atoms with van der Waals surface area (Å²) in [6.45, 7) is 8.33. The molecule has 0 aromatic carbocycles. The Hall–Kier alpha value is -0.280. The topological polar surface area (TPSA) is 41.1 Å². The van der Waals surface area contributed by atoms with E-state index in [1.165, 1.54) is 25.7 Å². The van der Waals surface area contributed by atoms with Gasteiger partial charge in [0.05, 0.1) is 0 Å². The second kappa shape index (κ2) is 7.93. The maximum atomic E-state index is 11.6. The van der Waals surface area contributed by atoms with E-state index in [0.29, 0.717) is 17.9 Å². The molecule has 2 N–H and O–H groups in total. The zero-order chi connectivity index (χ0) is 12.0. The van der Waals surface area contributed by atoms with Gasteiger partial charge in [0.1, 0.15) is 0 Å². The Morgan fingerprint density at radius 3 is 2.35 bits per heavy atom. The van der Waals surface area contributed by atoms with Crippen LogP contribution in [-0.2, 0) is 4.79 Å². The van der Waals surface area contributed by atoms with Crippen molar-refractivity contribution >= 4 is 18.3 Å². The molecular weight excluding hydrogens is 236 g/mol. The summed E-state index contributed by atoms with van der Waals surface area (Å²) in [5.41, 5.74) is 0.294. The van der Waals surface area contributed by atoms with Gasteiger partial charge in [-0.15, -0.1) is 12.4 Å². The van der Waals surface area contributed by atoms with Gasteiger partial charge < -0.3 is 10.6 Å². The largest absolute Gasteiger partial charge is 0.353 e. The highest BCUT2D eigenvalue weighted by Crippen LogP contribution is 2.17. The standard InChI is InChI=1S/C13H26N2O.ClH/c1-13(2,3)10-14-9-8-12(16)15-11-6-4-5-7-11;/h11,14H,4-10H2,1-3H3,(H,15,16);1H. The van der Waals surface area contributed by atoms with Gasteiger partial charge in [-0.1, -0.05) is 33.6 Å². The van der Waals surface area contributed by atoms with E-state index in [1.54, 1.807) is 0 Å². The summed E-state index contributed by atoms with van der Waals surface area (Å²) >= 11 is 0. The van der Waals surface area contributed by atoms with E-state index >= 15 is 0 Å². The maximum Gasteiger partial charge on any atom is 0.221 e. The van der Waals surface area contributed by atoms with Crippen molar-refractivity contribution in [2.24, 2.45) is 5.41 Å². The number of carbonyl (C=O) groups is 1. The molecule has 0 radical (unpaired) electrons. The molecular formula is C13H27ClN2O. The molecule has 1 aliphatic carbocycles. The molecule has 1 aliphatic rings. The molecule has 0 atom stereocenters. The Kier molecular flexibility index (Phi) is 7.80. The van der Waals surface area contributed by atoms with Crippen LogP contribution in [0.3, 0.4) is 0 Å². The lowest BCUT2D eigenvalue weighted by molar-refractivity contribution is -0.121. The molecule has 1 saturated carbocycles. The molecule has 17 heavy (non-hydrogen) atoms. The molecule has 4 heteroatoms. The van der Waals surface area contributed by atoms with Crippen molar-refractivity contribution in [1.29, 1.82) is 0 Å². The van der Waals surface area contributed by atoms with E-state index in [9.17, 15) is 4.79 Å². The van der Waals surface area contributed by atoms with Crippen molar-refractivity contribution < 1.29 is 4.79 Å². The molecule has 0 bridgehead atoms. The molecule has 0 saturated heterocycles. The van der Waals surface area contributed by atoms with Crippen LogP contribution in [0.4, 0.5) is 0 Å². The normalized spacial score (nSPS) is 16.6. The second-order valence-electron chi connectivity index (χ2n) is 6.04. The fourth-order valence-electron chi connectivity index (χ4n) is 2.04. The van der Waals surface area contributed by atoms with Crippen molar-refractivity contribution in [3.05, 3.63) is 0 Å². The Labute approximate surface area is 112 Å². The van der Waals surface area contributed by atoms with Crippen LogP contribution in [0.25, 0.3) is 0 Å². The minimum absolute atomic E-state index is 0. The first-order chi connectivity index (χ1) is 7.47. The molecule has 0 aliphatic heterocycles. The third-order valence-electron chi connectivity index (χ3n) is 2.90. The van der Waals surface area contributed by atoms with Crippen molar-refractivity contribution in [2.45, 2.75) is 58.9 Å². The lowest BCUT2D eigenvalue weighted by Crippen LogP contribution is -2.35. The molecule has 1 fully saturated rings. The minimum atomic E-state index is 0. The number of rotatable bonds is 5. The molecule has 1 rings (SSSR count). The Balaban J connectivity index is 0.00000256. The number of amides is 1. The number of hydrogen-bond acceptors (Lipinski definition) is 2. The molecule has 102 valence electrons. The van der Waals surface area contributed by atoms with Gasteiger partial charge >= 0.3 is 0 Å². The third-order valence-corrected chi connectivity index (χ3v) is 2.90. The van der Waals surface area contributed by atoms with E-state index in [-0.39, 0.29) is 18.3 Å². The van der Waals surface area contributed by atoms with E-state index in [0.717, 1.165) is 13.1 Å². The predicted octanol–water partition coefficient (Wildman–Crippen LogP) is 2.49. The Morgan fingerprint density at radius 1 is 1.24 bits per heavy atom. The number of carbonyl (C=O) groups excluding carboxylic acids is 1. The van der Waals surface area contributed by atoms with Gasteiger partial charge in [-0.2, -0.15) is 0 Å². The molecule has 0 heterocycles. The zero-order valence-electron chi connectivity index (χ0n) is 11.3. The van der Waals surface area contributed by atoms with Crippen LogP contribution in [-0.4, -0.2) is 25.0 Å². The van der Waals surface area contributed by atoms with Crippen LogP contribution in [0.1, 0.15) is 52.9 Å². The quantitative estimate of drug-likeness (QED) is 0.748. The summed E-state index contributed by atoms with van der Waals surface area (Å²) in [4.78, 5) is 11.6. The second-order valence-corrected chi connectivity index (χ2v) is 6.04. The van der Waals surface area contributed by atoms with Gasteiger partial charge in [0.25, 0.3) is 0 Å². The number of hydrogen-bond donors (Lipinski definition) is 2. The van der Waals surface area contributed by atoms with Crippen LogP contribution in [0.5, 0.6) is 0 Å². The van der Waals surface area contributed by atoms with Crippen LogP contribution in [0.2, 0.25) is 0 Å². The van der Waals surface area contributed by atoms with Crippen LogP contribution in [0, 0.1) is 5.41 Å². The van der Waals surface area contributed by atoms with Gasteiger partial charge in [-0.3, -0.25) is 4.79 Å². The molecule has 0 aromatic rings. The van der Waals surface area contributed by atoms with E-state index in [1.807, 2.05) is 0 Å². The van der Waals surface area contributed by atoms with Gasteiger partial charge in [-0.05, 0) is 18.3 Å². The highest BCUT2D eigenvalue weighted by Gasteiger charge is 2.16. The third kappa shape index (κ3) is 8.44. The van der Waals surface area contributed by atoms with E-state index in [2.05, 4.69) is 31.4 Å². The predicted molar refractivity (Wildman–Crippen MR) is 74.6 cm³/mol. The highest BCUT2D eigenvalue weighted by atomic mass is 35.5. The smallest absolute Gasteiger partial charge is 0.221 e. The maximum absolute atomic E-state index is 11.6. The number of halogens is 1.